The normalized spacial score (nSPS) is 26.4. The fourth-order valence-electron chi connectivity index (χ4n) is 4.49. The molecule has 0 saturated carbocycles. The SMILES string of the molecule is CCC12c3ccccc3C(=O)N1C=C1C=CC=CC1n1cccc12. The summed E-state index contributed by atoms with van der Waals surface area (Å²) in [7, 11) is 0. The number of nitrogens with zero attached hydrogens (tertiary/aromatic N) is 2. The maximum atomic E-state index is 13.2. The molecule has 0 bridgehead atoms. The average Bonchev–Trinajstić information content (AvgIpc) is 3.16. The Kier molecular flexibility index (Phi) is 2.61. The van der Waals surface area contributed by atoms with Crippen LogP contribution in [0, 0.1) is 0 Å². The van der Waals surface area contributed by atoms with Gasteiger partial charge in [-0.05, 0) is 35.8 Å². The number of amides is 1. The summed E-state index contributed by atoms with van der Waals surface area (Å²) in [5.74, 6) is 0.0938. The third-order valence-electron chi connectivity index (χ3n) is 5.56. The first-order valence-electron chi connectivity index (χ1n) is 8.44. The molecule has 24 heavy (non-hydrogen) atoms. The van der Waals surface area contributed by atoms with Crippen molar-refractivity contribution >= 4 is 5.91 Å². The number of fused-ring (bicyclic) bond motifs is 7. The highest BCUT2D eigenvalue weighted by atomic mass is 16.2. The zero-order valence-corrected chi connectivity index (χ0v) is 13.5. The highest BCUT2D eigenvalue weighted by Crippen LogP contribution is 2.50. The first kappa shape index (κ1) is 13.6. The number of hydrogen-bond donors (Lipinski definition) is 0. The van der Waals surface area contributed by atoms with E-state index < -0.39 is 5.54 Å². The van der Waals surface area contributed by atoms with Crippen LogP contribution in [-0.4, -0.2) is 15.4 Å². The smallest absolute Gasteiger partial charge is 0.259 e. The number of carbonyl (C=O) groups is 1. The lowest BCUT2D eigenvalue weighted by molar-refractivity contribution is 0.0731. The van der Waals surface area contributed by atoms with E-state index in [1.165, 1.54) is 5.69 Å². The number of carbonyl (C=O) groups excluding carboxylic acids is 1. The molecule has 2 aliphatic heterocycles. The van der Waals surface area contributed by atoms with Crippen LogP contribution in [0.2, 0.25) is 0 Å². The summed E-state index contributed by atoms with van der Waals surface area (Å²) in [5, 5.41) is 0. The van der Waals surface area contributed by atoms with E-state index >= 15 is 0 Å². The molecule has 1 aliphatic carbocycles. The molecule has 1 aromatic carbocycles. The molecule has 3 heteroatoms. The maximum Gasteiger partial charge on any atom is 0.259 e. The van der Waals surface area contributed by atoms with Gasteiger partial charge >= 0.3 is 0 Å². The number of aromatic nitrogens is 1. The molecule has 2 unspecified atom stereocenters. The van der Waals surface area contributed by atoms with Crippen molar-refractivity contribution in [1.29, 1.82) is 0 Å². The van der Waals surface area contributed by atoms with Crippen LogP contribution in [-0.2, 0) is 5.54 Å². The van der Waals surface area contributed by atoms with E-state index in [9.17, 15) is 4.79 Å². The molecule has 5 rings (SSSR count). The number of benzene rings is 1. The van der Waals surface area contributed by atoms with Crippen molar-refractivity contribution in [2.24, 2.45) is 0 Å². The van der Waals surface area contributed by atoms with Crippen LogP contribution in [0.3, 0.4) is 0 Å². The molecule has 3 aliphatic rings. The predicted molar refractivity (Wildman–Crippen MR) is 93.5 cm³/mol. The van der Waals surface area contributed by atoms with Crippen molar-refractivity contribution in [3.8, 4) is 0 Å². The summed E-state index contributed by atoms with van der Waals surface area (Å²) in [4.78, 5) is 15.1. The Labute approximate surface area is 141 Å². The van der Waals surface area contributed by atoms with Crippen LogP contribution in [0.1, 0.15) is 41.0 Å². The second kappa shape index (κ2) is 4.60. The van der Waals surface area contributed by atoms with Crippen LogP contribution in [0.5, 0.6) is 0 Å². The minimum absolute atomic E-state index is 0.0938. The second-order valence-electron chi connectivity index (χ2n) is 6.55. The van der Waals surface area contributed by atoms with E-state index in [0.717, 1.165) is 23.1 Å². The lowest BCUT2D eigenvalue weighted by atomic mass is 9.84. The van der Waals surface area contributed by atoms with Crippen molar-refractivity contribution in [2.75, 3.05) is 0 Å². The number of rotatable bonds is 1. The quantitative estimate of drug-likeness (QED) is 0.776. The average molecular weight is 314 g/mol. The molecule has 0 spiro atoms. The van der Waals surface area contributed by atoms with Gasteiger partial charge in [0.2, 0.25) is 0 Å². The monoisotopic (exact) mass is 314 g/mol. The van der Waals surface area contributed by atoms with Gasteiger partial charge in [0, 0.05) is 23.7 Å². The van der Waals surface area contributed by atoms with Crippen LogP contribution in [0.4, 0.5) is 0 Å². The first-order chi connectivity index (χ1) is 11.8. The summed E-state index contributed by atoms with van der Waals surface area (Å²) in [6.45, 7) is 2.17. The van der Waals surface area contributed by atoms with Gasteiger partial charge in [-0.15, -0.1) is 0 Å². The van der Waals surface area contributed by atoms with Crippen molar-refractivity contribution in [2.45, 2.75) is 24.9 Å². The Hall–Kier alpha value is -2.81. The fraction of sp³-hybridized carbons (Fsp3) is 0.190. The summed E-state index contributed by atoms with van der Waals surface area (Å²) in [6.07, 6.45) is 13.4. The fourth-order valence-corrected chi connectivity index (χ4v) is 4.49. The van der Waals surface area contributed by atoms with Crippen molar-refractivity contribution < 1.29 is 4.79 Å². The van der Waals surface area contributed by atoms with Gasteiger partial charge in [0.25, 0.3) is 5.91 Å². The molecule has 0 N–H and O–H groups in total. The number of hydrogen-bond acceptors (Lipinski definition) is 1. The third kappa shape index (κ3) is 1.45. The minimum Gasteiger partial charge on any atom is -0.338 e. The third-order valence-corrected chi connectivity index (χ3v) is 5.56. The van der Waals surface area contributed by atoms with Gasteiger partial charge in [-0.2, -0.15) is 0 Å². The molecule has 1 aromatic heterocycles. The Morgan fingerprint density at radius 2 is 2.00 bits per heavy atom. The number of allylic oxidation sites excluding steroid dienone is 5. The summed E-state index contributed by atoms with van der Waals surface area (Å²) in [5.41, 5.74) is 3.83. The molecule has 2 atom stereocenters. The van der Waals surface area contributed by atoms with Gasteiger partial charge in [-0.1, -0.05) is 49.4 Å². The Bertz CT molecular complexity index is 946. The second-order valence-corrected chi connectivity index (χ2v) is 6.55. The van der Waals surface area contributed by atoms with E-state index in [2.05, 4.69) is 60.3 Å². The van der Waals surface area contributed by atoms with Gasteiger partial charge in [-0.25, -0.2) is 0 Å². The molecule has 118 valence electrons. The summed E-state index contributed by atoms with van der Waals surface area (Å²) >= 11 is 0. The van der Waals surface area contributed by atoms with Gasteiger partial charge in [0.1, 0.15) is 5.54 Å². The molecular formula is C21H18N2O. The maximum absolute atomic E-state index is 13.2. The van der Waals surface area contributed by atoms with Gasteiger partial charge in [0.15, 0.2) is 0 Å². The van der Waals surface area contributed by atoms with Crippen LogP contribution < -0.4 is 0 Å². The van der Waals surface area contributed by atoms with Crippen LogP contribution in [0.25, 0.3) is 0 Å². The Morgan fingerprint density at radius 1 is 1.12 bits per heavy atom. The molecule has 1 amide bonds. The highest BCUT2D eigenvalue weighted by Gasteiger charge is 2.52. The first-order valence-corrected chi connectivity index (χ1v) is 8.44. The standard InChI is InChI=1S/C21H18N2O/c1-2-21-17-10-5-4-9-16(17)20(24)23(21)14-15-8-3-6-11-18(15)22-13-7-12-19(21)22/h3-14,18H,2H2,1H3. The van der Waals surface area contributed by atoms with E-state index in [1.807, 2.05) is 29.2 Å². The topological polar surface area (TPSA) is 25.2 Å². The lowest BCUT2D eigenvalue weighted by Gasteiger charge is -2.36. The van der Waals surface area contributed by atoms with Gasteiger partial charge in [0.05, 0.1) is 6.04 Å². The van der Waals surface area contributed by atoms with Crippen molar-refractivity contribution in [3.05, 3.63) is 95.5 Å². The Morgan fingerprint density at radius 3 is 2.88 bits per heavy atom. The van der Waals surface area contributed by atoms with Gasteiger partial charge in [-0.3, -0.25) is 9.69 Å². The molecule has 3 nitrogen and oxygen atoms in total. The van der Waals surface area contributed by atoms with E-state index in [0.29, 0.717) is 0 Å². The molecular weight excluding hydrogens is 296 g/mol. The summed E-state index contributed by atoms with van der Waals surface area (Å²) < 4.78 is 2.31. The Balaban J connectivity index is 1.89. The zero-order chi connectivity index (χ0) is 16.3. The van der Waals surface area contributed by atoms with Gasteiger partial charge < -0.3 is 4.57 Å². The largest absolute Gasteiger partial charge is 0.338 e. The molecule has 2 aromatic rings. The highest BCUT2D eigenvalue weighted by molar-refractivity contribution is 6.01. The lowest BCUT2D eigenvalue weighted by Crippen LogP contribution is -2.41. The predicted octanol–water partition coefficient (Wildman–Crippen LogP) is 4.16. The van der Waals surface area contributed by atoms with Crippen molar-refractivity contribution in [3.63, 3.8) is 0 Å². The molecule has 0 radical (unpaired) electrons. The summed E-state index contributed by atoms with van der Waals surface area (Å²) in [6, 6.07) is 12.4. The minimum atomic E-state index is -0.427. The molecule has 0 fully saturated rings. The van der Waals surface area contributed by atoms with Crippen LogP contribution >= 0.6 is 0 Å². The molecule has 3 heterocycles. The van der Waals surface area contributed by atoms with E-state index in [-0.39, 0.29) is 11.9 Å². The molecule has 0 saturated heterocycles. The van der Waals surface area contributed by atoms with Crippen LogP contribution in [0.15, 0.2) is 78.7 Å². The zero-order valence-electron chi connectivity index (χ0n) is 13.5. The van der Waals surface area contributed by atoms with E-state index in [1.54, 1.807) is 0 Å². The van der Waals surface area contributed by atoms with Crippen molar-refractivity contribution in [1.82, 2.24) is 9.47 Å². The van der Waals surface area contributed by atoms with E-state index in [4.69, 9.17) is 0 Å².